The first-order chi connectivity index (χ1) is 12.7. The molecular weight excluding hydrogens is 365 g/mol. The molecule has 0 aliphatic carbocycles. The number of nitrogens with zero attached hydrogens (tertiary/aromatic N) is 1. The third-order valence-corrected chi connectivity index (χ3v) is 4.04. The van der Waals surface area contributed by atoms with Gasteiger partial charge in [0.2, 0.25) is 5.71 Å². The molecule has 0 saturated carbocycles. The Labute approximate surface area is 150 Å². The summed E-state index contributed by atoms with van der Waals surface area (Å²) >= 11 is 0. The predicted octanol–water partition coefficient (Wildman–Crippen LogP) is 3.34. The summed E-state index contributed by atoms with van der Waals surface area (Å²) in [6, 6.07) is 4.76. The fraction of sp³-hybridized carbons (Fsp3) is 0.278. The lowest BCUT2D eigenvalue weighted by Crippen LogP contribution is -2.15. The van der Waals surface area contributed by atoms with E-state index in [0.717, 1.165) is 6.07 Å². The maximum absolute atomic E-state index is 13.0. The third kappa shape index (κ3) is 3.86. The van der Waals surface area contributed by atoms with Gasteiger partial charge in [0.1, 0.15) is 12.0 Å². The summed E-state index contributed by atoms with van der Waals surface area (Å²) < 4.78 is 49.2. The summed E-state index contributed by atoms with van der Waals surface area (Å²) in [7, 11) is 0. The van der Waals surface area contributed by atoms with E-state index in [-0.39, 0.29) is 34.8 Å². The van der Waals surface area contributed by atoms with Crippen LogP contribution in [0.3, 0.4) is 0 Å². The van der Waals surface area contributed by atoms with E-state index in [0.29, 0.717) is 12.0 Å². The van der Waals surface area contributed by atoms with Crippen LogP contribution in [-0.2, 0) is 19.2 Å². The van der Waals surface area contributed by atoms with Crippen LogP contribution < -0.4 is 15.9 Å². The summed E-state index contributed by atoms with van der Waals surface area (Å²) in [6.07, 6.45) is -4.05. The molecule has 6 nitrogen and oxygen atoms in total. The van der Waals surface area contributed by atoms with Crippen molar-refractivity contribution in [3.8, 4) is 6.01 Å². The molecule has 3 aromatic rings. The van der Waals surface area contributed by atoms with E-state index in [1.54, 1.807) is 6.92 Å². The smallest absolute Gasteiger partial charge is 0.416 e. The van der Waals surface area contributed by atoms with Crippen molar-refractivity contribution in [3.63, 3.8) is 0 Å². The molecule has 0 bridgehead atoms. The van der Waals surface area contributed by atoms with E-state index in [4.69, 9.17) is 9.15 Å². The second kappa shape index (κ2) is 6.90. The van der Waals surface area contributed by atoms with Gasteiger partial charge in [-0.25, -0.2) is 4.79 Å². The van der Waals surface area contributed by atoms with Gasteiger partial charge in [-0.05, 0) is 36.1 Å². The van der Waals surface area contributed by atoms with Gasteiger partial charge in [-0.15, -0.1) is 0 Å². The number of halogens is 3. The van der Waals surface area contributed by atoms with Gasteiger partial charge in [0.25, 0.3) is 11.6 Å². The zero-order valence-corrected chi connectivity index (χ0v) is 14.4. The number of aromatic amines is 1. The zero-order chi connectivity index (χ0) is 19.8. The standard InChI is InChI=1S/C18H15F3N2O4/c1-3-11-7-13(24)27-16-14(11)15(25)22-17(23-16)26-8-10-5-4-9(2)12(6-10)18(19,20)21/h4-7H,3,8H2,1-2H3,(H,22,23,25). The van der Waals surface area contributed by atoms with Crippen molar-refractivity contribution in [2.75, 3.05) is 0 Å². The highest BCUT2D eigenvalue weighted by Gasteiger charge is 2.32. The van der Waals surface area contributed by atoms with Gasteiger partial charge in [0, 0.05) is 6.07 Å². The molecule has 0 spiro atoms. The number of hydrogen-bond acceptors (Lipinski definition) is 5. The van der Waals surface area contributed by atoms with E-state index < -0.39 is 22.9 Å². The van der Waals surface area contributed by atoms with Gasteiger partial charge in [-0.2, -0.15) is 18.2 Å². The first-order valence-corrected chi connectivity index (χ1v) is 8.05. The van der Waals surface area contributed by atoms with E-state index in [1.165, 1.54) is 25.1 Å². The van der Waals surface area contributed by atoms with Gasteiger partial charge in [0.15, 0.2) is 0 Å². The summed E-state index contributed by atoms with van der Waals surface area (Å²) in [5, 5.41) is 0.138. The summed E-state index contributed by atoms with van der Waals surface area (Å²) in [5.41, 5.74) is -1.33. The Morgan fingerprint density at radius 2 is 1.96 bits per heavy atom. The molecule has 27 heavy (non-hydrogen) atoms. The highest BCUT2D eigenvalue weighted by Crippen LogP contribution is 2.32. The van der Waals surface area contributed by atoms with Crippen molar-refractivity contribution in [2.45, 2.75) is 33.1 Å². The normalized spacial score (nSPS) is 11.7. The number of hydrogen-bond donors (Lipinski definition) is 1. The minimum absolute atomic E-state index is 0.0948. The molecule has 0 atom stereocenters. The summed E-state index contributed by atoms with van der Waals surface area (Å²) in [6.45, 7) is 2.88. The monoisotopic (exact) mass is 380 g/mol. The Hall–Kier alpha value is -3.10. The Kier molecular flexibility index (Phi) is 4.77. The molecule has 2 aromatic heterocycles. The average Bonchev–Trinajstić information content (AvgIpc) is 2.58. The topological polar surface area (TPSA) is 85.2 Å². The van der Waals surface area contributed by atoms with Crippen LogP contribution in [0.25, 0.3) is 11.1 Å². The number of H-pyrrole nitrogens is 1. The Balaban J connectivity index is 1.92. The van der Waals surface area contributed by atoms with Crippen molar-refractivity contribution >= 4 is 11.1 Å². The number of aromatic nitrogens is 2. The minimum atomic E-state index is -4.48. The molecule has 2 heterocycles. The lowest BCUT2D eigenvalue weighted by molar-refractivity contribution is -0.138. The van der Waals surface area contributed by atoms with Crippen LogP contribution in [0.5, 0.6) is 6.01 Å². The number of ether oxygens (including phenoxy) is 1. The number of nitrogens with one attached hydrogen (secondary N) is 1. The van der Waals surface area contributed by atoms with Crippen molar-refractivity contribution < 1.29 is 22.3 Å². The molecule has 9 heteroatoms. The molecule has 0 saturated heterocycles. The van der Waals surface area contributed by atoms with Crippen LogP contribution in [0, 0.1) is 6.92 Å². The van der Waals surface area contributed by atoms with E-state index in [1.807, 2.05) is 0 Å². The SMILES string of the molecule is CCc1cc(=O)oc2nc(OCc3ccc(C)c(C(F)(F)F)c3)[nH]c(=O)c12. The average molecular weight is 380 g/mol. The summed E-state index contributed by atoms with van der Waals surface area (Å²) in [5.74, 6) is 0. The van der Waals surface area contributed by atoms with Crippen molar-refractivity contribution in [2.24, 2.45) is 0 Å². The molecule has 1 N–H and O–H groups in total. The molecule has 3 rings (SSSR count). The van der Waals surface area contributed by atoms with Gasteiger partial charge < -0.3 is 9.15 Å². The van der Waals surface area contributed by atoms with Crippen LogP contribution in [0.2, 0.25) is 0 Å². The minimum Gasteiger partial charge on any atom is -0.460 e. The number of alkyl halides is 3. The molecule has 1 aromatic carbocycles. The second-order valence-electron chi connectivity index (χ2n) is 5.93. The molecule has 142 valence electrons. The maximum Gasteiger partial charge on any atom is 0.416 e. The maximum atomic E-state index is 13.0. The van der Waals surface area contributed by atoms with Crippen LogP contribution in [0.1, 0.15) is 29.2 Å². The highest BCUT2D eigenvalue weighted by atomic mass is 19.4. The number of benzene rings is 1. The van der Waals surface area contributed by atoms with Crippen molar-refractivity contribution in [3.05, 3.63) is 67.3 Å². The van der Waals surface area contributed by atoms with Crippen molar-refractivity contribution in [1.82, 2.24) is 9.97 Å². The molecular formula is C18H15F3N2O4. The van der Waals surface area contributed by atoms with Crippen molar-refractivity contribution in [1.29, 1.82) is 0 Å². The molecule has 0 unspecified atom stereocenters. The number of aryl methyl sites for hydroxylation is 2. The molecule has 0 aliphatic heterocycles. The van der Waals surface area contributed by atoms with Crippen LogP contribution in [0.15, 0.2) is 38.3 Å². The first-order valence-electron chi connectivity index (χ1n) is 8.05. The fourth-order valence-electron chi connectivity index (χ4n) is 2.69. The molecule has 0 aliphatic rings. The zero-order valence-electron chi connectivity index (χ0n) is 14.4. The number of rotatable bonds is 4. The van der Waals surface area contributed by atoms with E-state index in [9.17, 15) is 22.8 Å². The van der Waals surface area contributed by atoms with Gasteiger partial charge in [-0.3, -0.25) is 9.78 Å². The van der Waals surface area contributed by atoms with Crippen LogP contribution in [-0.4, -0.2) is 9.97 Å². The predicted molar refractivity (Wildman–Crippen MR) is 90.8 cm³/mol. The van der Waals surface area contributed by atoms with Crippen LogP contribution >= 0.6 is 0 Å². The lowest BCUT2D eigenvalue weighted by Gasteiger charge is -2.12. The van der Waals surface area contributed by atoms with Crippen LogP contribution in [0.4, 0.5) is 13.2 Å². The first kappa shape index (κ1) is 18.7. The second-order valence-corrected chi connectivity index (χ2v) is 5.93. The third-order valence-electron chi connectivity index (χ3n) is 4.04. The van der Waals surface area contributed by atoms with Gasteiger partial charge in [-0.1, -0.05) is 19.1 Å². The lowest BCUT2D eigenvalue weighted by atomic mass is 10.1. The van der Waals surface area contributed by atoms with E-state index in [2.05, 4.69) is 9.97 Å². The quantitative estimate of drug-likeness (QED) is 0.750. The molecule has 0 fully saturated rings. The Bertz CT molecular complexity index is 1120. The van der Waals surface area contributed by atoms with E-state index >= 15 is 0 Å². The fourth-order valence-corrected chi connectivity index (χ4v) is 2.69. The molecule has 0 radical (unpaired) electrons. The Morgan fingerprint density at radius 1 is 1.22 bits per heavy atom. The Morgan fingerprint density at radius 3 is 2.63 bits per heavy atom. The molecule has 0 amide bonds. The highest BCUT2D eigenvalue weighted by molar-refractivity contribution is 5.75. The summed E-state index contributed by atoms with van der Waals surface area (Å²) in [4.78, 5) is 30.1. The van der Waals surface area contributed by atoms with Gasteiger partial charge >= 0.3 is 11.8 Å². The number of fused-ring (bicyclic) bond motifs is 1. The largest absolute Gasteiger partial charge is 0.460 e. The van der Waals surface area contributed by atoms with Gasteiger partial charge in [0.05, 0.1) is 5.56 Å².